The largest absolute Gasteiger partial charge is 0.481 e. The summed E-state index contributed by atoms with van der Waals surface area (Å²) in [4.78, 5) is 53.5. The molecule has 0 radical (unpaired) electrons. The molecule has 0 saturated heterocycles. The van der Waals surface area contributed by atoms with Crippen LogP contribution in [-0.4, -0.2) is 51.2 Å². The summed E-state index contributed by atoms with van der Waals surface area (Å²) in [7, 11) is 0. The minimum Gasteiger partial charge on any atom is -0.481 e. The number of Topliss-reactive ketones (excluding diaryl/α,β-unsaturated/α-hetero) is 1. The van der Waals surface area contributed by atoms with Gasteiger partial charge in [-0.25, -0.2) is 4.79 Å². The zero-order valence-corrected chi connectivity index (χ0v) is 40.7. The van der Waals surface area contributed by atoms with Crippen LogP contribution in [0.25, 0.3) is 0 Å². The summed E-state index contributed by atoms with van der Waals surface area (Å²) < 4.78 is 6.25. The first kappa shape index (κ1) is 59.0. The van der Waals surface area contributed by atoms with E-state index in [-0.39, 0.29) is 19.4 Å². The van der Waals surface area contributed by atoms with Crippen molar-refractivity contribution in [3.05, 3.63) is 0 Å². The number of ether oxygens (including phenoxy) is 1. The van der Waals surface area contributed by atoms with E-state index in [4.69, 9.17) is 4.74 Å². The number of unbranched alkanes of at least 4 members (excludes halogenated alkanes) is 36. The van der Waals surface area contributed by atoms with Crippen LogP contribution in [0.5, 0.6) is 0 Å². The molecule has 61 heavy (non-hydrogen) atoms. The molecule has 0 aliphatic rings. The van der Waals surface area contributed by atoms with E-state index in [0.29, 0.717) is 19.3 Å². The molecule has 0 aromatic rings. The van der Waals surface area contributed by atoms with Gasteiger partial charge in [-0.1, -0.05) is 265 Å². The number of rotatable bonds is 49. The smallest absolute Gasteiger partial charge is 0.338 e. The van der Waals surface area contributed by atoms with Gasteiger partial charge in [-0.05, 0) is 26.2 Å². The Bertz CT molecular complexity index is 1010. The standard InChI is InChI=1S/C53H100O8/c1-5-8-11-14-17-20-23-26-29-32-35-38-41-44-52(50(57)58,45-42-39-36-33-30-27-24-21-18-15-12-9-6-2)53(51(59)60,48(47(4)54)49(55)56)61-46-43-40-37-34-31-28-25-22-19-16-13-10-7-3/h48H,5-46H2,1-4H3,(H,55,56)(H,57,58)(H,59,60). The van der Waals surface area contributed by atoms with Crippen LogP contribution in [0.4, 0.5) is 0 Å². The number of carboxylic acid groups (broad SMARTS) is 3. The molecule has 0 aromatic carbocycles. The lowest BCUT2D eigenvalue weighted by Gasteiger charge is -2.47. The zero-order chi connectivity index (χ0) is 45.3. The van der Waals surface area contributed by atoms with Crippen LogP contribution in [-0.2, 0) is 23.9 Å². The van der Waals surface area contributed by atoms with Gasteiger partial charge in [0.1, 0.15) is 11.2 Å². The highest BCUT2D eigenvalue weighted by Crippen LogP contribution is 2.50. The second-order valence-corrected chi connectivity index (χ2v) is 18.9. The van der Waals surface area contributed by atoms with Crippen LogP contribution in [0.1, 0.15) is 291 Å². The predicted molar refractivity (Wildman–Crippen MR) is 255 cm³/mol. The Kier molecular flexibility index (Phi) is 39.5. The van der Waals surface area contributed by atoms with E-state index in [9.17, 15) is 34.5 Å². The molecule has 0 amide bonds. The third-order valence-electron chi connectivity index (χ3n) is 13.5. The fourth-order valence-electron chi connectivity index (χ4n) is 9.63. The second kappa shape index (κ2) is 40.8. The number of hydrogen-bond donors (Lipinski definition) is 3. The quantitative estimate of drug-likeness (QED) is 0.0406. The molecule has 0 rings (SSSR count). The first-order valence-electron chi connectivity index (χ1n) is 26.4. The molecule has 2 atom stereocenters. The summed E-state index contributed by atoms with van der Waals surface area (Å²) in [6, 6.07) is 0. The molecule has 0 aromatic heterocycles. The van der Waals surface area contributed by atoms with Gasteiger partial charge in [0.2, 0.25) is 5.60 Å². The SMILES string of the molecule is CCCCCCCCCCCCCCCOC(C(=O)O)(C(C(C)=O)C(=O)O)C(CCCCCCCCCCCCCCC)(CCCCCCCCCCCCCCC)C(=O)O. The summed E-state index contributed by atoms with van der Waals surface area (Å²) in [5.74, 6) is -7.68. The average molecular weight is 865 g/mol. The first-order valence-corrected chi connectivity index (χ1v) is 26.4. The zero-order valence-electron chi connectivity index (χ0n) is 40.7. The van der Waals surface area contributed by atoms with Gasteiger partial charge in [0.15, 0.2) is 5.92 Å². The molecule has 8 heteroatoms. The molecule has 8 nitrogen and oxygen atoms in total. The van der Waals surface area contributed by atoms with E-state index in [1.54, 1.807) is 0 Å². The summed E-state index contributed by atoms with van der Waals surface area (Å²) in [6.07, 6.45) is 43.3. The average Bonchev–Trinajstić information content (AvgIpc) is 3.22. The van der Waals surface area contributed by atoms with E-state index in [1.807, 2.05) is 0 Å². The van der Waals surface area contributed by atoms with Crippen molar-refractivity contribution >= 4 is 23.7 Å². The highest BCUT2D eigenvalue weighted by molar-refractivity contribution is 6.06. The topological polar surface area (TPSA) is 138 Å². The van der Waals surface area contributed by atoms with Crippen molar-refractivity contribution in [3.8, 4) is 0 Å². The molecular weight excluding hydrogens is 765 g/mol. The van der Waals surface area contributed by atoms with Gasteiger partial charge in [0.05, 0.1) is 0 Å². The number of carboxylic acids is 3. The fraction of sp³-hybridized carbons (Fsp3) is 0.925. The monoisotopic (exact) mass is 865 g/mol. The molecule has 0 aliphatic carbocycles. The maximum atomic E-state index is 13.7. The van der Waals surface area contributed by atoms with Crippen LogP contribution in [0.15, 0.2) is 0 Å². The van der Waals surface area contributed by atoms with E-state index >= 15 is 0 Å². The summed E-state index contributed by atoms with van der Waals surface area (Å²) >= 11 is 0. The Morgan fingerprint density at radius 3 is 0.836 bits per heavy atom. The van der Waals surface area contributed by atoms with Crippen molar-refractivity contribution in [2.75, 3.05) is 6.61 Å². The van der Waals surface area contributed by atoms with Crippen molar-refractivity contribution in [1.29, 1.82) is 0 Å². The minimum atomic E-state index is -2.72. The van der Waals surface area contributed by atoms with Crippen LogP contribution < -0.4 is 0 Å². The normalized spacial score (nSPS) is 13.3. The first-order chi connectivity index (χ1) is 29.6. The highest BCUT2D eigenvalue weighted by atomic mass is 16.5. The summed E-state index contributed by atoms with van der Waals surface area (Å²) in [5.41, 5.74) is -4.79. The van der Waals surface area contributed by atoms with E-state index in [0.717, 1.165) is 84.0 Å². The maximum Gasteiger partial charge on any atom is 0.338 e. The van der Waals surface area contributed by atoms with Gasteiger partial charge in [0.25, 0.3) is 0 Å². The van der Waals surface area contributed by atoms with Crippen LogP contribution in [0.3, 0.4) is 0 Å². The van der Waals surface area contributed by atoms with Crippen molar-refractivity contribution in [3.63, 3.8) is 0 Å². The Morgan fingerprint density at radius 1 is 0.377 bits per heavy atom. The molecule has 0 heterocycles. The Hall–Kier alpha value is -1.96. The molecule has 0 aliphatic heterocycles. The van der Waals surface area contributed by atoms with Crippen molar-refractivity contribution in [1.82, 2.24) is 0 Å². The van der Waals surface area contributed by atoms with E-state index < -0.39 is 40.6 Å². The van der Waals surface area contributed by atoms with Crippen molar-refractivity contribution in [2.45, 2.75) is 297 Å². The number of aliphatic carboxylic acids is 3. The van der Waals surface area contributed by atoms with Crippen LogP contribution >= 0.6 is 0 Å². The van der Waals surface area contributed by atoms with Gasteiger partial charge < -0.3 is 20.1 Å². The maximum absolute atomic E-state index is 13.7. The fourth-order valence-corrected chi connectivity index (χ4v) is 9.63. The molecule has 0 spiro atoms. The number of carbonyl (C=O) groups is 4. The third-order valence-corrected chi connectivity index (χ3v) is 13.5. The summed E-state index contributed by atoms with van der Waals surface area (Å²) in [6.45, 7) is 7.67. The van der Waals surface area contributed by atoms with Gasteiger partial charge in [-0.3, -0.25) is 14.4 Å². The van der Waals surface area contributed by atoms with Crippen LogP contribution in [0.2, 0.25) is 0 Å². The molecule has 2 unspecified atom stereocenters. The lowest BCUT2D eigenvalue weighted by Crippen LogP contribution is -2.67. The molecule has 0 bridgehead atoms. The Morgan fingerprint density at radius 2 is 0.623 bits per heavy atom. The number of ketones is 1. The molecular formula is C53H100O8. The van der Waals surface area contributed by atoms with Gasteiger partial charge in [0, 0.05) is 6.61 Å². The lowest BCUT2D eigenvalue weighted by molar-refractivity contribution is -0.219. The molecule has 3 N–H and O–H groups in total. The number of carbonyl (C=O) groups excluding carboxylic acids is 1. The Labute approximate surface area is 376 Å². The Balaban J connectivity index is 5.73. The van der Waals surface area contributed by atoms with Gasteiger partial charge >= 0.3 is 17.9 Å². The lowest BCUT2D eigenvalue weighted by atomic mass is 9.59. The number of hydrogen-bond acceptors (Lipinski definition) is 5. The van der Waals surface area contributed by atoms with Gasteiger partial charge in [-0.2, -0.15) is 0 Å². The summed E-state index contributed by atoms with van der Waals surface area (Å²) in [5, 5.41) is 32.8. The van der Waals surface area contributed by atoms with Gasteiger partial charge in [-0.15, -0.1) is 0 Å². The third kappa shape index (κ3) is 27.1. The molecule has 0 saturated carbocycles. The minimum absolute atomic E-state index is 0.0414. The highest BCUT2D eigenvalue weighted by Gasteiger charge is 2.69. The predicted octanol–water partition coefficient (Wildman–Crippen LogP) is 16.2. The van der Waals surface area contributed by atoms with Crippen molar-refractivity contribution < 1.29 is 39.2 Å². The van der Waals surface area contributed by atoms with E-state index in [2.05, 4.69) is 20.8 Å². The molecule has 0 fully saturated rings. The van der Waals surface area contributed by atoms with Crippen molar-refractivity contribution in [2.24, 2.45) is 11.3 Å². The second-order valence-electron chi connectivity index (χ2n) is 18.9. The van der Waals surface area contributed by atoms with Crippen LogP contribution in [0, 0.1) is 11.3 Å². The molecule has 360 valence electrons. The van der Waals surface area contributed by atoms with E-state index in [1.165, 1.54) is 154 Å².